The Hall–Kier alpha value is -0.360. The van der Waals surface area contributed by atoms with Crippen molar-refractivity contribution in [3.8, 4) is 0 Å². The molecule has 2 N–H and O–H groups in total. The van der Waals surface area contributed by atoms with Gasteiger partial charge in [0.05, 0.1) is 12.7 Å². The topological polar surface area (TPSA) is 127 Å². The van der Waals surface area contributed by atoms with Crippen molar-refractivity contribution in [3.63, 3.8) is 0 Å². The molecule has 0 aliphatic carbocycles. The zero-order chi connectivity index (χ0) is 15.3. The Morgan fingerprint density at radius 2 is 1.47 bits per heavy atom. The van der Waals surface area contributed by atoms with Gasteiger partial charge in [-0.15, -0.1) is 0 Å². The molecule has 0 amide bonds. The predicted octanol–water partition coefficient (Wildman–Crippen LogP) is 0.957. The van der Waals surface area contributed by atoms with E-state index in [1.54, 1.807) is 0 Å². The molecule has 0 spiro atoms. The van der Waals surface area contributed by atoms with Crippen LogP contribution in [0.4, 0.5) is 0 Å². The van der Waals surface area contributed by atoms with Gasteiger partial charge in [0.15, 0.2) is 0 Å². The van der Waals surface area contributed by atoms with Crippen LogP contribution < -0.4 is 0 Å². The Labute approximate surface area is 111 Å². The molecule has 0 saturated carbocycles. The van der Waals surface area contributed by atoms with E-state index in [2.05, 4.69) is 4.52 Å². The SMILES string of the molecule is CC(=O)CP(=O)(O)OCC(C)OP(=O)(O)CC(C)=O. The first-order valence-electron chi connectivity index (χ1n) is 5.39. The highest BCUT2D eigenvalue weighted by Gasteiger charge is 2.27. The van der Waals surface area contributed by atoms with Crippen LogP contribution in [0.3, 0.4) is 0 Å². The molecule has 0 heterocycles. The fourth-order valence-electron chi connectivity index (χ4n) is 1.18. The minimum Gasteiger partial charge on any atom is -0.324 e. The molecule has 19 heavy (non-hydrogen) atoms. The predicted molar refractivity (Wildman–Crippen MR) is 67.2 cm³/mol. The zero-order valence-corrected chi connectivity index (χ0v) is 12.7. The maximum Gasteiger partial charge on any atom is 0.335 e. The van der Waals surface area contributed by atoms with Crippen molar-refractivity contribution in [2.45, 2.75) is 26.9 Å². The van der Waals surface area contributed by atoms with Crippen molar-refractivity contribution in [2.75, 3.05) is 18.9 Å². The third kappa shape index (κ3) is 10.1. The fourth-order valence-corrected chi connectivity index (χ4v) is 3.54. The third-order valence-corrected chi connectivity index (χ3v) is 4.63. The maximum atomic E-state index is 11.4. The molecule has 3 unspecified atom stereocenters. The van der Waals surface area contributed by atoms with E-state index in [1.807, 2.05) is 0 Å². The molecule has 10 heteroatoms. The van der Waals surface area contributed by atoms with E-state index in [0.29, 0.717) is 0 Å². The zero-order valence-electron chi connectivity index (χ0n) is 10.9. The van der Waals surface area contributed by atoms with Crippen molar-refractivity contribution in [1.82, 2.24) is 0 Å². The van der Waals surface area contributed by atoms with Gasteiger partial charge >= 0.3 is 15.2 Å². The molecule has 8 nitrogen and oxygen atoms in total. The molecule has 0 aromatic carbocycles. The summed E-state index contributed by atoms with van der Waals surface area (Å²) in [6.07, 6.45) is -2.24. The van der Waals surface area contributed by atoms with Gasteiger partial charge in [-0.2, -0.15) is 0 Å². The normalized spacial score (nSPS) is 19.2. The highest BCUT2D eigenvalue weighted by Crippen LogP contribution is 2.45. The quantitative estimate of drug-likeness (QED) is 0.602. The lowest BCUT2D eigenvalue weighted by Gasteiger charge is -2.18. The largest absolute Gasteiger partial charge is 0.335 e. The van der Waals surface area contributed by atoms with Crippen LogP contribution in [-0.2, 0) is 27.8 Å². The van der Waals surface area contributed by atoms with Crippen molar-refractivity contribution in [1.29, 1.82) is 0 Å². The summed E-state index contributed by atoms with van der Waals surface area (Å²) in [5.74, 6) is -1.02. The Balaban J connectivity index is 4.29. The van der Waals surface area contributed by atoms with Gasteiger partial charge in [0, 0.05) is 0 Å². The van der Waals surface area contributed by atoms with Gasteiger partial charge in [-0.25, -0.2) is 0 Å². The molecule has 0 aliphatic rings. The molecular formula is C9H18O8P2. The Morgan fingerprint density at radius 1 is 1.05 bits per heavy atom. The van der Waals surface area contributed by atoms with Gasteiger partial charge in [-0.1, -0.05) is 0 Å². The van der Waals surface area contributed by atoms with Crippen LogP contribution in [-0.4, -0.2) is 46.4 Å². The van der Waals surface area contributed by atoms with Crippen molar-refractivity contribution in [2.24, 2.45) is 0 Å². The summed E-state index contributed by atoms with van der Waals surface area (Å²) in [7, 11) is -8.15. The summed E-state index contributed by atoms with van der Waals surface area (Å²) < 4.78 is 32.0. The lowest BCUT2D eigenvalue weighted by Crippen LogP contribution is -2.17. The van der Waals surface area contributed by atoms with Crippen LogP contribution in [0.1, 0.15) is 20.8 Å². The Bertz CT molecular complexity index is 432. The molecule has 0 aliphatic heterocycles. The maximum absolute atomic E-state index is 11.4. The lowest BCUT2D eigenvalue weighted by molar-refractivity contribution is -0.115. The molecule has 112 valence electrons. The smallest absolute Gasteiger partial charge is 0.324 e. The van der Waals surface area contributed by atoms with Gasteiger partial charge in [-0.05, 0) is 20.8 Å². The van der Waals surface area contributed by atoms with Crippen LogP contribution in [0.5, 0.6) is 0 Å². The average molecular weight is 316 g/mol. The summed E-state index contributed by atoms with van der Waals surface area (Å²) in [5, 5.41) is 0. The van der Waals surface area contributed by atoms with Crippen LogP contribution in [0.25, 0.3) is 0 Å². The van der Waals surface area contributed by atoms with E-state index in [0.717, 1.165) is 13.8 Å². The fraction of sp³-hybridized carbons (Fsp3) is 0.778. The first-order valence-corrected chi connectivity index (χ1v) is 8.91. The Kier molecular flexibility index (Phi) is 7.29. The van der Waals surface area contributed by atoms with Gasteiger partial charge in [0.2, 0.25) is 0 Å². The third-order valence-electron chi connectivity index (χ3n) is 1.70. The van der Waals surface area contributed by atoms with E-state index < -0.39 is 51.8 Å². The first-order chi connectivity index (χ1) is 8.43. The number of Topliss-reactive ketones (excluding diaryl/α,β-unsaturated/α-hetero) is 2. The van der Waals surface area contributed by atoms with Gasteiger partial charge in [0.25, 0.3) is 0 Å². The van der Waals surface area contributed by atoms with Crippen molar-refractivity contribution < 1.29 is 37.6 Å². The Morgan fingerprint density at radius 3 is 1.89 bits per heavy atom. The second kappa shape index (κ2) is 7.43. The second-order valence-electron chi connectivity index (χ2n) is 4.21. The molecule has 0 aromatic rings. The van der Waals surface area contributed by atoms with Crippen LogP contribution >= 0.6 is 15.2 Å². The summed E-state index contributed by atoms with van der Waals surface area (Å²) in [6.45, 7) is 3.18. The number of hydrogen-bond acceptors (Lipinski definition) is 6. The van der Waals surface area contributed by atoms with Gasteiger partial charge < -0.3 is 18.8 Å². The number of hydrogen-bond donors (Lipinski definition) is 2. The highest BCUT2D eigenvalue weighted by atomic mass is 31.2. The van der Waals surface area contributed by atoms with E-state index in [-0.39, 0.29) is 0 Å². The summed E-state index contributed by atoms with van der Waals surface area (Å²) in [5.41, 5.74) is 0. The number of rotatable bonds is 9. The average Bonchev–Trinajstić information content (AvgIpc) is 2.09. The number of carbonyl (C=O) groups excluding carboxylic acids is 2. The molecule has 0 radical (unpaired) electrons. The minimum absolute atomic E-state index is 0.441. The van der Waals surface area contributed by atoms with E-state index in [1.165, 1.54) is 6.92 Å². The minimum atomic E-state index is -4.08. The van der Waals surface area contributed by atoms with Crippen LogP contribution in [0.2, 0.25) is 0 Å². The molecule has 0 saturated heterocycles. The van der Waals surface area contributed by atoms with Crippen molar-refractivity contribution >= 4 is 26.8 Å². The van der Waals surface area contributed by atoms with Crippen LogP contribution in [0, 0.1) is 0 Å². The monoisotopic (exact) mass is 316 g/mol. The second-order valence-corrected chi connectivity index (χ2v) is 7.86. The van der Waals surface area contributed by atoms with E-state index in [4.69, 9.17) is 4.52 Å². The highest BCUT2D eigenvalue weighted by molar-refractivity contribution is 7.54. The van der Waals surface area contributed by atoms with E-state index in [9.17, 15) is 28.5 Å². The van der Waals surface area contributed by atoms with Crippen molar-refractivity contribution in [3.05, 3.63) is 0 Å². The lowest BCUT2D eigenvalue weighted by atomic mass is 10.5. The number of carbonyl (C=O) groups is 2. The van der Waals surface area contributed by atoms with Crippen LogP contribution in [0.15, 0.2) is 0 Å². The number of ketones is 2. The molecule has 3 atom stereocenters. The molecule has 0 aromatic heterocycles. The molecular weight excluding hydrogens is 298 g/mol. The van der Waals surface area contributed by atoms with Gasteiger partial charge in [0.1, 0.15) is 23.9 Å². The molecule has 0 fully saturated rings. The standard InChI is InChI=1S/C9H18O8P2/c1-7(10)5-18(12,13)16-4-9(3)17-19(14,15)6-8(2)11/h9H,4-6H2,1-3H3,(H,12,13)(H,14,15). The van der Waals surface area contributed by atoms with E-state index >= 15 is 0 Å². The summed E-state index contributed by atoms with van der Waals surface area (Å²) in [4.78, 5) is 40.0. The first kappa shape index (κ1) is 18.6. The molecule has 0 rings (SSSR count). The van der Waals surface area contributed by atoms with Gasteiger partial charge in [-0.3, -0.25) is 18.7 Å². The molecule has 0 bridgehead atoms. The summed E-state index contributed by atoms with van der Waals surface area (Å²) in [6, 6.07) is 0. The summed E-state index contributed by atoms with van der Waals surface area (Å²) >= 11 is 0.